The smallest absolute Gasteiger partial charge is 0.265 e. The van der Waals surface area contributed by atoms with E-state index >= 15 is 0 Å². The average Bonchev–Trinajstić information content (AvgIpc) is 3.61. The fourth-order valence-corrected chi connectivity index (χ4v) is 5.59. The van der Waals surface area contributed by atoms with E-state index in [0.717, 1.165) is 54.5 Å². The summed E-state index contributed by atoms with van der Waals surface area (Å²) in [5.74, 6) is -0.150. The third kappa shape index (κ3) is 6.02. The standard InChI is InChI=1S/C29H36N8OS/c1-19(2)35-9-11-36(12-10-35)23-13-21(15-30-17-23)24-18-37(34-33-24)25-14-22(16-31-20(25)3)32-28(38)26-7-8-27(39-26)29(4,5)6/h7-8,13-19H,9-12H2,1-6H3,(H,32,38). The molecule has 1 fully saturated rings. The quantitative estimate of drug-likeness (QED) is 0.358. The molecule has 39 heavy (non-hydrogen) atoms. The first-order valence-electron chi connectivity index (χ1n) is 13.3. The Morgan fingerprint density at radius 1 is 1.05 bits per heavy atom. The number of amides is 1. The van der Waals surface area contributed by atoms with Crippen LogP contribution in [0.3, 0.4) is 0 Å². The van der Waals surface area contributed by atoms with Gasteiger partial charge in [-0.15, -0.1) is 16.4 Å². The molecule has 9 nitrogen and oxygen atoms in total. The summed E-state index contributed by atoms with van der Waals surface area (Å²) in [5.41, 5.74) is 4.88. The van der Waals surface area contributed by atoms with Crippen LogP contribution in [0.1, 0.15) is 54.9 Å². The molecule has 1 N–H and O–H groups in total. The molecule has 0 aromatic carbocycles. The second-order valence-corrected chi connectivity index (χ2v) is 12.4. The zero-order valence-electron chi connectivity index (χ0n) is 23.5. The SMILES string of the molecule is Cc1ncc(NC(=O)c2ccc(C(C)(C)C)s2)cc1-n1cc(-c2cncc(N3CCN(C(C)C)CC3)c2)nn1. The molecule has 1 aliphatic rings. The minimum Gasteiger partial charge on any atom is -0.368 e. The lowest BCUT2D eigenvalue weighted by Crippen LogP contribution is -2.48. The number of hydrogen-bond acceptors (Lipinski definition) is 8. The van der Waals surface area contributed by atoms with Crippen molar-refractivity contribution in [1.29, 1.82) is 0 Å². The van der Waals surface area contributed by atoms with Gasteiger partial charge < -0.3 is 10.2 Å². The van der Waals surface area contributed by atoms with E-state index in [-0.39, 0.29) is 11.3 Å². The minimum atomic E-state index is -0.150. The van der Waals surface area contributed by atoms with E-state index < -0.39 is 0 Å². The number of anilines is 2. The Morgan fingerprint density at radius 2 is 1.82 bits per heavy atom. The van der Waals surface area contributed by atoms with E-state index in [1.54, 1.807) is 10.9 Å². The molecule has 0 aliphatic carbocycles. The van der Waals surface area contributed by atoms with Crippen molar-refractivity contribution in [3.05, 3.63) is 64.5 Å². The molecule has 0 atom stereocenters. The Kier molecular flexibility index (Phi) is 7.51. The molecule has 0 spiro atoms. The van der Waals surface area contributed by atoms with Gasteiger partial charge in [0.2, 0.25) is 0 Å². The topological polar surface area (TPSA) is 92.1 Å². The van der Waals surface area contributed by atoms with Crippen molar-refractivity contribution in [1.82, 2.24) is 29.9 Å². The molecular formula is C29H36N8OS. The van der Waals surface area contributed by atoms with Crippen LogP contribution in [0.4, 0.5) is 11.4 Å². The van der Waals surface area contributed by atoms with Crippen molar-refractivity contribution in [3.63, 3.8) is 0 Å². The van der Waals surface area contributed by atoms with Crippen LogP contribution in [-0.4, -0.2) is 68.0 Å². The second-order valence-electron chi connectivity index (χ2n) is 11.3. The van der Waals surface area contributed by atoms with Crippen molar-refractivity contribution in [2.75, 3.05) is 36.4 Å². The average molecular weight is 545 g/mol. The van der Waals surface area contributed by atoms with Gasteiger partial charge in [-0.3, -0.25) is 19.7 Å². The highest BCUT2D eigenvalue weighted by atomic mass is 32.1. The largest absolute Gasteiger partial charge is 0.368 e. The monoisotopic (exact) mass is 544 g/mol. The predicted octanol–water partition coefficient (Wildman–Crippen LogP) is 5.17. The van der Waals surface area contributed by atoms with E-state index in [2.05, 4.69) is 76.1 Å². The number of carbonyl (C=O) groups excluding carboxylic acids is 1. The van der Waals surface area contributed by atoms with Gasteiger partial charge in [-0.2, -0.15) is 0 Å². The number of rotatable bonds is 6. The van der Waals surface area contributed by atoms with E-state index in [1.807, 2.05) is 43.7 Å². The molecule has 0 saturated carbocycles. The zero-order valence-corrected chi connectivity index (χ0v) is 24.3. The molecule has 5 rings (SSSR count). The lowest BCUT2D eigenvalue weighted by atomic mass is 9.95. The van der Waals surface area contributed by atoms with Crippen LogP contribution in [0.2, 0.25) is 0 Å². The summed E-state index contributed by atoms with van der Waals surface area (Å²) in [6, 6.07) is 8.46. The second kappa shape index (κ2) is 10.9. The fourth-order valence-electron chi connectivity index (χ4n) is 4.63. The maximum absolute atomic E-state index is 12.9. The summed E-state index contributed by atoms with van der Waals surface area (Å²) in [5, 5.41) is 11.8. The summed E-state index contributed by atoms with van der Waals surface area (Å²) in [6.45, 7) is 16.9. The molecule has 4 aromatic rings. The van der Waals surface area contributed by atoms with E-state index in [0.29, 0.717) is 16.6 Å². The van der Waals surface area contributed by atoms with Gasteiger partial charge >= 0.3 is 0 Å². The third-order valence-electron chi connectivity index (χ3n) is 7.06. The zero-order chi connectivity index (χ0) is 27.7. The highest BCUT2D eigenvalue weighted by molar-refractivity contribution is 7.14. The number of piperazine rings is 1. The van der Waals surface area contributed by atoms with Gasteiger partial charge in [-0.05, 0) is 50.5 Å². The first-order valence-corrected chi connectivity index (χ1v) is 14.2. The van der Waals surface area contributed by atoms with E-state index in [9.17, 15) is 4.79 Å². The number of carbonyl (C=O) groups is 1. The van der Waals surface area contributed by atoms with Crippen LogP contribution in [-0.2, 0) is 5.41 Å². The molecule has 0 bridgehead atoms. The third-order valence-corrected chi connectivity index (χ3v) is 8.57. The van der Waals surface area contributed by atoms with Crippen molar-refractivity contribution in [3.8, 4) is 16.9 Å². The highest BCUT2D eigenvalue weighted by Gasteiger charge is 2.21. The molecule has 0 unspecified atom stereocenters. The summed E-state index contributed by atoms with van der Waals surface area (Å²) in [7, 11) is 0. The van der Waals surface area contributed by atoms with Crippen LogP contribution in [0, 0.1) is 6.92 Å². The van der Waals surface area contributed by atoms with Crippen molar-refractivity contribution < 1.29 is 4.79 Å². The van der Waals surface area contributed by atoms with E-state index in [4.69, 9.17) is 0 Å². The van der Waals surface area contributed by atoms with Gasteiger partial charge in [0.15, 0.2) is 0 Å². The molecule has 0 radical (unpaired) electrons. The van der Waals surface area contributed by atoms with Crippen LogP contribution in [0.15, 0.2) is 49.1 Å². The molecular weight excluding hydrogens is 508 g/mol. The van der Waals surface area contributed by atoms with Crippen LogP contribution < -0.4 is 10.2 Å². The number of aryl methyl sites for hydroxylation is 1. The summed E-state index contributed by atoms with van der Waals surface area (Å²) < 4.78 is 1.70. The van der Waals surface area contributed by atoms with Gasteiger partial charge in [-0.1, -0.05) is 26.0 Å². The van der Waals surface area contributed by atoms with Crippen LogP contribution in [0.25, 0.3) is 16.9 Å². The summed E-state index contributed by atoms with van der Waals surface area (Å²) in [4.78, 5) is 28.6. The van der Waals surface area contributed by atoms with Gasteiger partial charge in [-0.25, -0.2) is 4.68 Å². The number of pyridine rings is 2. The Morgan fingerprint density at radius 3 is 2.51 bits per heavy atom. The normalized spacial score (nSPS) is 14.7. The predicted molar refractivity (Wildman–Crippen MR) is 157 cm³/mol. The summed E-state index contributed by atoms with van der Waals surface area (Å²) >= 11 is 1.51. The van der Waals surface area contributed by atoms with Gasteiger partial charge in [0.25, 0.3) is 5.91 Å². The molecule has 1 amide bonds. The van der Waals surface area contributed by atoms with Gasteiger partial charge in [0.1, 0.15) is 5.69 Å². The number of thiophene rings is 1. The molecule has 4 aromatic heterocycles. The van der Waals surface area contributed by atoms with Crippen molar-refractivity contribution in [2.45, 2.75) is 53.0 Å². The van der Waals surface area contributed by atoms with Crippen LogP contribution in [0.5, 0.6) is 0 Å². The minimum absolute atomic E-state index is 0.00433. The van der Waals surface area contributed by atoms with Gasteiger partial charge in [0, 0.05) is 48.9 Å². The number of nitrogens with one attached hydrogen (secondary N) is 1. The lowest BCUT2D eigenvalue weighted by molar-refractivity contribution is 0.103. The first kappa shape index (κ1) is 27.0. The lowest BCUT2D eigenvalue weighted by Gasteiger charge is -2.38. The van der Waals surface area contributed by atoms with Crippen LogP contribution >= 0.6 is 11.3 Å². The Balaban J connectivity index is 1.32. The number of nitrogens with zero attached hydrogens (tertiary/aromatic N) is 7. The maximum atomic E-state index is 12.9. The highest BCUT2D eigenvalue weighted by Crippen LogP contribution is 2.30. The van der Waals surface area contributed by atoms with E-state index in [1.165, 1.54) is 16.2 Å². The molecule has 5 heterocycles. The molecule has 10 heteroatoms. The Labute approximate surface area is 233 Å². The Bertz CT molecular complexity index is 1460. The number of hydrogen-bond donors (Lipinski definition) is 1. The molecule has 204 valence electrons. The number of aromatic nitrogens is 5. The van der Waals surface area contributed by atoms with Crippen molar-refractivity contribution in [2.24, 2.45) is 0 Å². The summed E-state index contributed by atoms with van der Waals surface area (Å²) in [6.07, 6.45) is 7.27. The fraction of sp³-hybridized carbons (Fsp3) is 0.414. The van der Waals surface area contributed by atoms with Crippen molar-refractivity contribution >= 4 is 28.6 Å². The Hall–Kier alpha value is -3.63. The molecule has 1 aliphatic heterocycles. The van der Waals surface area contributed by atoms with Gasteiger partial charge in [0.05, 0.1) is 46.2 Å². The first-order chi connectivity index (χ1) is 18.6. The molecule has 1 saturated heterocycles. The maximum Gasteiger partial charge on any atom is 0.265 e.